The summed E-state index contributed by atoms with van der Waals surface area (Å²) in [6.07, 6.45) is 2.22. The average molecular weight is 289 g/mol. The highest BCUT2D eigenvalue weighted by Crippen LogP contribution is 2.20. The van der Waals surface area contributed by atoms with Gasteiger partial charge in [-0.1, -0.05) is 6.92 Å². The van der Waals surface area contributed by atoms with Gasteiger partial charge >= 0.3 is 0 Å². The summed E-state index contributed by atoms with van der Waals surface area (Å²) in [6.45, 7) is 5.94. The number of benzene rings is 1. The van der Waals surface area contributed by atoms with Gasteiger partial charge in [-0.2, -0.15) is 0 Å². The van der Waals surface area contributed by atoms with E-state index in [1.807, 2.05) is 36.2 Å². The van der Waals surface area contributed by atoms with E-state index in [-0.39, 0.29) is 5.91 Å². The summed E-state index contributed by atoms with van der Waals surface area (Å²) in [5, 5.41) is 3.20. The molecule has 1 atom stereocenters. The SMILES string of the molecule is CCCN(C)c1ccc(C(=O)N2CCC(CNC)C2)cc1. The Bertz CT molecular complexity index is 458. The Hall–Kier alpha value is -1.55. The van der Waals surface area contributed by atoms with Crippen LogP contribution in [0.3, 0.4) is 0 Å². The van der Waals surface area contributed by atoms with Gasteiger partial charge in [-0.15, -0.1) is 0 Å². The van der Waals surface area contributed by atoms with E-state index in [1.165, 1.54) is 5.69 Å². The van der Waals surface area contributed by atoms with Crippen LogP contribution < -0.4 is 10.2 Å². The second-order valence-corrected chi connectivity index (χ2v) is 5.93. The van der Waals surface area contributed by atoms with Gasteiger partial charge in [-0.25, -0.2) is 0 Å². The molecule has 0 saturated carbocycles. The topological polar surface area (TPSA) is 35.6 Å². The van der Waals surface area contributed by atoms with Crippen molar-refractivity contribution in [3.05, 3.63) is 29.8 Å². The maximum atomic E-state index is 12.5. The molecule has 1 saturated heterocycles. The van der Waals surface area contributed by atoms with Crippen LogP contribution >= 0.6 is 0 Å². The van der Waals surface area contributed by atoms with Gasteiger partial charge in [0.15, 0.2) is 0 Å². The van der Waals surface area contributed by atoms with Crippen LogP contribution in [0.4, 0.5) is 5.69 Å². The predicted molar refractivity (Wildman–Crippen MR) is 87.9 cm³/mol. The van der Waals surface area contributed by atoms with Crippen molar-refractivity contribution in [3.63, 3.8) is 0 Å². The Morgan fingerprint density at radius 2 is 2.10 bits per heavy atom. The summed E-state index contributed by atoms with van der Waals surface area (Å²) in [7, 11) is 4.05. The Morgan fingerprint density at radius 1 is 1.38 bits per heavy atom. The summed E-state index contributed by atoms with van der Waals surface area (Å²) in [5.41, 5.74) is 1.97. The van der Waals surface area contributed by atoms with Gasteiger partial charge in [0.1, 0.15) is 0 Å². The lowest BCUT2D eigenvalue weighted by Gasteiger charge is -2.20. The van der Waals surface area contributed by atoms with Crippen LogP contribution in [0.15, 0.2) is 24.3 Å². The Kier molecular flexibility index (Phi) is 5.62. The van der Waals surface area contributed by atoms with Gasteiger partial charge in [0.2, 0.25) is 0 Å². The summed E-state index contributed by atoms with van der Waals surface area (Å²) in [5.74, 6) is 0.757. The molecule has 1 unspecified atom stereocenters. The Labute approximate surface area is 128 Å². The standard InChI is InChI=1S/C17H27N3O/c1-4-10-19(3)16-7-5-15(6-8-16)17(21)20-11-9-14(13-20)12-18-2/h5-8,14,18H,4,9-13H2,1-3H3. The zero-order valence-electron chi connectivity index (χ0n) is 13.4. The molecule has 0 aromatic heterocycles. The van der Waals surface area contributed by atoms with Crippen molar-refractivity contribution in [2.75, 3.05) is 45.2 Å². The van der Waals surface area contributed by atoms with Crippen molar-refractivity contribution in [2.45, 2.75) is 19.8 Å². The molecule has 1 aliphatic heterocycles. The molecular formula is C17H27N3O. The van der Waals surface area contributed by atoms with Crippen LogP contribution in [0.1, 0.15) is 30.1 Å². The van der Waals surface area contributed by atoms with E-state index in [4.69, 9.17) is 0 Å². The van der Waals surface area contributed by atoms with Gasteiger partial charge in [0.25, 0.3) is 5.91 Å². The zero-order chi connectivity index (χ0) is 15.2. The average Bonchev–Trinajstić information content (AvgIpc) is 2.96. The number of likely N-dealkylation sites (tertiary alicyclic amines) is 1. The fourth-order valence-corrected chi connectivity index (χ4v) is 2.98. The molecule has 0 radical (unpaired) electrons. The second-order valence-electron chi connectivity index (χ2n) is 5.93. The van der Waals surface area contributed by atoms with Gasteiger partial charge < -0.3 is 15.1 Å². The summed E-state index contributed by atoms with van der Waals surface area (Å²) < 4.78 is 0. The van der Waals surface area contributed by atoms with Gasteiger partial charge in [-0.3, -0.25) is 4.79 Å². The monoisotopic (exact) mass is 289 g/mol. The van der Waals surface area contributed by atoms with Crippen LogP contribution in [0.2, 0.25) is 0 Å². The lowest BCUT2D eigenvalue weighted by Crippen LogP contribution is -2.30. The van der Waals surface area contributed by atoms with E-state index < -0.39 is 0 Å². The summed E-state index contributed by atoms with van der Waals surface area (Å²) >= 11 is 0. The lowest BCUT2D eigenvalue weighted by molar-refractivity contribution is 0.0787. The molecule has 4 heteroatoms. The van der Waals surface area contributed by atoms with E-state index in [0.29, 0.717) is 5.92 Å². The zero-order valence-corrected chi connectivity index (χ0v) is 13.4. The summed E-state index contributed by atoms with van der Waals surface area (Å²) in [6, 6.07) is 8.00. The molecule has 2 rings (SSSR count). The third-order valence-electron chi connectivity index (χ3n) is 4.18. The first-order valence-electron chi connectivity index (χ1n) is 7.90. The number of nitrogens with one attached hydrogen (secondary N) is 1. The third-order valence-corrected chi connectivity index (χ3v) is 4.18. The molecule has 0 spiro atoms. The first-order chi connectivity index (χ1) is 10.2. The van der Waals surface area contributed by atoms with E-state index in [2.05, 4.69) is 24.2 Å². The maximum Gasteiger partial charge on any atom is 0.253 e. The quantitative estimate of drug-likeness (QED) is 0.872. The van der Waals surface area contributed by atoms with Crippen LogP contribution in [0.25, 0.3) is 0 Å². The molecule has 0 aliphatic carbocycles. The first kappa shape index (κ1) is 15.8. The predicted octanol–water partition coefficient (Wildman–Crippen LogP) is 2.21. The molecule has 1 heterocycles. The van der Waals surface area contributed by atoms with Crippen molar-refractivity contribution in [3.8, 4) is 0 Å². The number of carbonyl (C=O) groups is 1. The normalized spacial score (nSPS) is 18.0. The largest absolute Gasteiger partial charge is 0.375 e. The highest BCUT2D eigenvalue weighted by molar-refractivity contribution is 5.94. The van der Waals surface area contributed by atoms with Gasteiger partial charge in [-0.05, 0) is 56.6 Å². The van der Waals surface area contributed by atoms with Gasteiger partial charge in [0, 0.05) is 37.9 Å². The first-order valence-corrected chi connectivity index (χ1v) is 7.90. The Balaban J connectivity index is 1.97. The van der Waals surface area contributed by atoms with Crippen molar-refractivity contribution < 1.29 is 4.79 Å². The number of carbonyl (C=O) groups excluding carboxylic acids is 1. The minimum atomic E-state index is 0.165. The summed E-state index contributed by atoms with van der Waals surface area (Å²) in [4.78, 5) is 16.7. The van der Waals surface area contributed by atoms with Crippen molar-refractivity contribution >= 4 is 11.6 Å². The highest BCUT2D eigenvalue weighted by atomic mass is 16.2. The van der Waals surface area contributed by atoms with Crippen LogP contribution in [-0.2, 0) is 0 Å². The number of rotatable bonds is 6. The molecule has 21 heavy (non-hydrogen) atoms. The van der Waals surface area contributed by atoms with Crippen LogP contribution in [0.5, 0.6) is 0 Å². The molecule has 1 fully saturated rings. The van der Waals surface area contributed by atoms with E-state index >= 15 is 0 Å². The van der Waals surface area contributed by atoms with Crippen LogP contribution in [0, 0.1) is 5.92 Å². The van der Waals surface area contributed by atoms with Crippen molar-refractivity contribution in [1.82, 2.24) is 10.2 Å². The van der Waals surface area contributed by atoms with Crippen molar-refractivity contribution in [2.24, 2.45) is 5.92 Å². The second kappa shape index (κ2) is 7.46. The minimum absolute atomic E-state index is 0.165. The number of hydrogen-bond acceptors (Lipinski definition) is 3. The minimum Gasteiger partial charge on any atom is -0.375 e. The smallest absolute Gasteiger partial charge is 0.253 e. The molecule has 1 N–H and O–H groups in total. The molecular weight excluding hydrogens is 262 g/mol. The Morgan fingerprint density at radius 3 is 2.71 bits per heavy atom. The molecule has 116 valence electrons. The fraction of sp³-hybridized carbons (Fsp3) is 0.588. The number of hydrogen-bond donors (Lipinski definition) is 1. The number of nitrogens with zero attached hydrogens (tertiary/aromatic N) is 2. The third kappa shape index (κ3) is 3.97. The van der Waals surface area contributed by atoms with Crippen molar-refractivity contribution in [1.29, 1.82) is 0 Å². The van der Waals surface area contributed by atoms with E-state index in [0.717, 1.165) is 44.6 Å². The maximum absolute atomic E-state index is 12.5. The molecule has 1 amide bonds. The lowest BCUT2D eigenvalue weighted by atomic mass is 10.1. The van der Waals surface area contributed by atoms with E-state index in [9.17, 15) is 4.79 Å². The van der Waals surface area contributed by atoms with Gasteiger partial charge in [0.05, 0.1) is 0 Å². The number of amides is 1. The fourth-order valence-electron chi connectivity index (χ4n) is 2.98. The number of anilines is 1. The van der Waals surface area contributed by atoms with Crippen LogP contribution in [-0.4, -0.2) is 51.1 Å². The highest BCUT2D eigenvalue weighted by Gasteiger charge is 2.26. The molecule has 1 aromatic rings. The molecule has 1 aromatic carbocycles. The molecule has 0 bridgehead atoms. The molecule has 4 nitrogen and oxygen atoms in total. The molecule has 1 aliphatic rings. The van der Waals surface area contributed by atoms with E-state index in [1.54, 1.807) is 0 Å².